The molecule has 0 saturated heterocycles. The number of aromatic nitrogens is 2. The summed E-state index contributed by atoms with van der Waals surface area (Å²) in [6.45, 7) is 24.9. The SMILES string of the molecule is [CH2-]c1cc(-c2ccccc2)c2c(oc3ccccc32)c1-c1cccc[n+]1[CH2-].[CH2-]c1cc(C)ccc1-c1cc(CC(C)(C)C)c([Si](C)(C)C)c[n+]1[CH2-].[Ir]. The van der Waals surface area contributed by atoms with Gasteiger partial charge in [-0.15, -0.1) is 17.2 Å². The van der Waals surface area contributed by atoms with Crippen LogP contribution in [0.1, 0.15) is 43.0 Å². The van der Waals surface area contributed by atoms with E-state index < -0.39 is 8.07 Å². The molecule has 0 aliphatic carbocycles. The molecule has 0 fully saturated rings. The molecule has 0 atom stereocenters. The molecule has 3 heterocycles. The molecule has 52 heavy (non-hydrogen) atoms. The summed E-state index contributed by atoms with van der Waals surface area (Å²) >= 11 is 0. The molecule has 5 heteroatoms. The van der Waals surface area contributed by atoms with Gasteiger partial charge in [0.1, 0.15) is 5.58 Å². The number of para-hydroxylation sites is 1. The van der Waals surface area contributed by atoms with Crippen molar-refractivity contribution in [3.8, 4) is 33.6 Å². The molecule has 7 rings (SSSR count). The number of rotatable bonds is 5. The van der Waals surface area contributed by atoms with Crippen molar-refractivity contribution < 1.29 is 33.7 Å². The summed E-state index contributed by atoms with van der Waals surface area (Å²) in [5.74, 6) is 0. The molecular formula is C47H50IrN2OSi-2. The van der Waals surface area contributed by atoms with E-state index in [1.165, 1.54) is 21.9 Å². The second kappa shape index (κ2) is 15.1. The van der Waals surface area contributed by atoms with Gasteiger partial charge >= 0.3 is 0 Å². The molecule has 4 aromatic carbocycles. The van der Waals surface area contributed by atoms with Gasteiger partial charge in [-0.3, -0.25) is 0 Å². The summed E-state index contributed by atoms with van der Waals surface area (Å²) in [5.41, 5.74) is 13.3. The molecule has 7 aromatic rings. The van der Waals surface area contributed by atoms with E-state index in [4.69, 9.17) is 4.42 Å². The van der Waals surface area contributed by atoms with Crippen LogP contribution >= 0.6 is 0 Å². The third kappa shape index (κ3) is 8.03. The summed E-state index contributed by atoms with van der Waals surface area (Å²) in [5, 5.41) is 3.73. The Bertz CT molecular complexity index is 2360. The van der Waals surface area contributed by atoms with E-state index >= 15 is 0 Å². The fraction of sp³-hybridized carbons (Fsp3) is 0.191. The van der Waals surface area contributed by atoms with Crippen molar-refractivity contribution in [3.63, 3.8) is 0 Å². The topological polar surface area (TPSA) is 20.9 Å². The van der Waals surface area contributed by atoms with E-state index in [1.807, 2.05) is 57.8 Å². The zero-order chi connectivity index (χ0) is 36.7. The largest absolute Gasteiger partial charge is 0.469 e. The molecule has 0 N–H and O–H groups in total. The van der Waals surface area contributed by atoms with Crippen LogP contribution in [-0.4, -0.2) is 8.07 Å². The summed E-state index contributed by atoms with van der Waals surface area (Å²) in [4.78, 5) is 0. The zero-order valence-corrected chi connectivity index (χ0v) is 35.0. The first-order valence-electron chi connectivity index (χ1n) is 17.6. The Morgan fingerprint density at radius 2 is 1.38 bits per heavy atom. The average Bonchev–Trinajstić information content (AvgIpc) is 3.45. The Morgan fingerprint density at radius 1 is 0.712 bits per heavy atom. The third-order valence-corrected chi connectivity index (χ3v) is 11.4. The molecule has 269 valence electrons. The number of fused-ring (bicyclic) bond motifs is 3. The number of hydrogen-bond donors (Lipinski definition) is 0. The molecule has 0 unspecified atom stereocenters. The van der Waals surface area contributed by atoms with Crippen LogP contribution < -0.4 is 14.3 Å². The maximum Gasteiger partial charge on any atom is 0.133 e. The van der Waals surface area contributed by atoms with Gasteiger partial charge in [0.25, 0.3) is 0 Å². The molecule has 1 radical (unpaired) electrons. The minimum atomic E-state index is -1.43. The second-order valence-corrected chi connectivity index (χ2v) is 20.9. The number of nitrogens with zero attached hydrogens (tertiary/aromatic N) is 2. The molecule has 0 spiro atoms. The van der Waals surface area contributed by atoms with Crippen LogP contribution in [0.5, 0.6) is 0 Å². The average molecular weight is 879 g/mol. The molecule has 0 aliphatic heterocycles. The van der Waals surface area contributed by atoms with Crippen molar-refractivity contribution in [3.05, 3.63) is 166 Å². The number of benzene rings is 4. The minimum absolute atomic E-state index is 0. The first-order chi connectivity index (χ1) is 24.1. The van der Waals surface area contributed by atoms with Crippen LogP contribution in [-0.2, 0) is 26.5 Å². The fourth-order valence-electron chi connectivity index (χ4n) is 7.01. The molecule has 0 amide bonds. The Balaban J connectivity index is 0.000000199. The minimum Gasteiger partial charge on any atom is -0.469 e. The van der Waals surface area contributed by atoms with Gasteiger partial charge in [0.15, 0.2) is 0 Å². The van der Waals surface area contributed by atoms with Crippen molar-refractivity contribution in [1.82, 2.24) is 0 Å². The quantitative estimate of drug-likeness (QED) is 0.0959. The molecule has 0 bridgehead atoms. The van der Waals surface area contributed by atoms with Crippen LogP contribution in [0.2, 0.25) is 19.6 Å². The van der Waals surface area contributed by atoms with Gasteiger partial charge in [-0.25, -0.2) is 0 Å². The Kier molecular flexibility index (Phi) is 11.2. The summed E-state index contributed by atoms with van der Waals surface area (Å²) in [6.07, 6.45) is 5.29. The van der Waals surface area contributed by atoms with Crippen molar-refractivity contribution in [1.29, 1.82) is 0 Å². The van der Waals surface area contributed by atoms with Gasteiger partial charge < -0.3 is 13.6 Å². The maximum absolute atomic E-state index is 6.35. The van der Waals surface area contributed by atoms with Crippen LogP contribution in [0.15, 0.2) is 120 Å². The van der Waals surface area contributed by atoms with E-state index in [0.29, 0.717) is 0 Å². The van der Waals surface area contributed by atoms with E-state index in [2.05, 4.69) is 142 Å². The van der Waals surface area contributed by atoms with Crippen LogP contribution in [0, 0.1) is 40.3 Å². The number of aryl methyl sites for hydroxylation is 1. The van der Waals surface area contributed by atoms with Crippen LogP contribution in [0.25, 0.3) is 55.6 Å². The van der Waals surface area contributed by atoms with Gasteiger partial charge in [-0.1, -0.05) is 143 Å². The number of hydrogen-bond acceptors (Lipinski definition) is 1. The molecule has 3 aromatic heterocycles. The first-order valence-corrected chi connectivity index (χ1v) is 21.1. The summed E-state index contributed by atoms with van der Waals surface area (Å²) < 4.78 is 10.3. The molecule has 3 nitrogen and oxygen atoms in total. The first kappa shape index (κ1) is 38.6. The van der Waals surface area contributed by atoms with Crippen LogP contribution in [0.4, 0.5) is 0 Å². The second-order valence-electron chi connectivity index (χ2n) is 15.9. The number of pyridine rings is 2. The summed E-state index contributed by atoms with van der Waals surface area (Å²) in [6, 6.07) is 35.6. The Morgan fingerprint density at radius 3 is 2.04 bits per heavy atom. The fourth-order valence-corrected chi connectivity index (χ4v) is 8.68. The van der Waals surface area contributed by atoms with E-state index in [0.717, 1.165) is 67.6 Å². The molecular weight excluding hydrogens is 829 g/mol. The van der Waals surface area contributed by atoms with E-state index in [9.17, 15) is 0 Å². The van der Waals surface area contributed by atoms with Crippen molar-refractivity contribution in [2.75, 3.05) is 0 Å². The summed E-state index contributed by atoms with van der Waals surface area (Å²) in [7, 11) is 6.98. The van der Waals surface area contributed by atoms with Gasteiger partial charge in [0.2, 0.25) is 0 Å². The number of furan rings is 1. The van der Waals surface area contributed by atoms with E-state index in [1.54, 1.807) is 0 Å². The Labute approximate surface area is 325 Å². The molecule has 0 saturated carbocycles. The third-order valence-electron chi connectivity index (χ3n) is 9.33. The zero-order valence-electron chi connectivity index (χ0n) is 31.6. The predicted molar refractivity (Wildman–Crippen MR) is 218 cm³/mol. The smallest absolute Gasteiger partial charge is 0.133 e. The normalized spacial score (nSPS) is 11.6. The molecule has 0 aliphatic rings. The van der Waals surface area contributed by atoms with Gasteiger partial charge in [0.05, 0.1) is 37.4 Å². The van der Waals surface area contributed by atoms with E-state index in [-0.39, 0.29) is 25.5 Å². The van der Waals surface area contributed by atoms with Gasteiger partial charge in [-0.2, -0.15) is 37.1 Å². The Hall–Kier alpha value is -4.67. The predicted octanol–water partition coefficient (Wildman–Crippen LogP) is 10.9. The van der Waals surface area contributed by atoms with Crippen molar-refractivity contribution in [2.45, 2.75) is 53.8 Å². The van der Waals surface area contributed by atoms with Crippen molar-refractivity contribution >= 4 is 35.2 Å². The monoisotopic (exact) mass is 879 g/mol. The van der Waals surface area contributed by atoms with Gasteiger partial charge in [-0.05, 0) is 28.7 Å². The standard InChI is InChI=1S/C25H18NO.C22H32NSi.Ir/c1-17-16-20(18-10-4-3-5-11-18)24-19-12-6-7-14-22(19)27-25(24)23(17)21-13-8-9-15-26(21)2;1-16-10-11-19(17(2)12-16)20-13-18(14-22(3,4)5)21(15-23(20)6)24(7,8)9;/h3-16H,1-2H2;10-13,15H,2,6,14H2,1,3-5,7-9H3;/q2*-1;. The van der Waals surface area contributed by atoms with Crippen LogP contribution in [0.3, 0.4) is 0 Å². The maximum atomic E-state index is 6.35. The van der Waals surface area contributed by atoms with Crippen molar-refractivity contribution in [2.24, 2.45) is 5.41 Å². The van der Waals surface area contributed by atoms with Gasteiger partial charge in [0, 0.05) is 45.0 Å².